The number of methoxy groups -OCH3 is 1. The van der Waals surface area contributed by atoms with Gasteiger partial charge in [-0.1, -0.05) is 20.3 Å². The van der Waals surface area contributed by atoms with Gasteiger partial charge in [0, 0.05) is 19.0 Å². The third kappa shape index (κ3) is 11.1. The van der Waals surface area contributed by atoms with Gasteiger partial charge in [0.05, 0.1) is 7.11 Å². The van der Waals surface area contributed by atoms with Crippen LogP contribution in [0.1, 0.15) is 39.5 Å². The van der Waals surface area contributed by atoms with E-state index in [9.17, 15) is 14.4 Å². The summed E-state index contributed by atoms with van der Waals surface area (Å²) >= 11 is 0. The largest absolute Gasteiger partial charge is 0.453 e. The highest BCUT2D eigenvalue weighted by atomic mass is 16.5. The normalized spacial score (nSPS) is 15.7. The van der Waals surface area contributed by atoms with E-state index in [2.05, 4.69) is 29.2 Å². The number of hydrogen-bond donors (Lipinski definition) is 2. The van der Waals surface area contributed by atoms with Crippen LogP contribution in [0.15, 0.2) is 0 Å². The Labute approximate surface area is 133 Å². The van der Waals surface area contributed by atoms with Gasteiger partial charge in [0.1, 0.15) is 12.8 Å². The van der Waals surface area contributed by atoms with Gasteiger partial charge in [-0.2, -0.15) is 0 Å². The summed E-state index contributed by atoms with van der Waals surface area (Å²) in [6.45, 7) is 4.82. The maximum absolute atomic E-state index is 11.7. The highest BCUT2D eigenvalue weighted by Gasteiger charge is 2.28. The van der Waals surface area contributed by atoms with E-state index in [1.165, 1.54) is 13.5 Å². The van der Waals surface area contributed by atoms with Crippen LogP contribution in [0.25, 0.3) is 0 Å². The van der Waals surface area contributed by atoms with Crippen LogP contribution in [0.3, 0.4) is 0 Å². The number of likely N-dealkylation sites (tertiary alicyclic amines) is 1. The molecule has 7 heteroatoms. The average Bonchev–Trinajstić information content (AvgIpc) is 2.95. The van der Waals surface area contributed by atoms with Gasteiger partial charge < -0.3 is 25.1 Å². The number of aldehydes is 1. The fourth-order valence-electron chi connectivity index (χ4n) is 1.84. The molecule has 0 radical (unpaired) electrons. The predicted molar refractivity (Wildman–Crippen MR) is 86.8 cm³/mol. The van der Waals surface area contributed by atoms with Crippen molar-refractivity contribution in [1.82, 2.24) is 15.5 Å². The van der Waals surface area contributed by atoms with E-state index < -0.39 is 6.09 Å². The fourth-order valence-corrected chi connectivity index (χ4v) is 1.84. The molecule has 1 rings (SSSR count). The molecule has 0 aliphatic carbocycles. The number of hydrogen-bond acceptors (Lipinski definition) is 5. The van der Waals surface area contributed by atoms with Crippen LogP contribution in [-0.2, 0) is 14.3 Å². The Kier molecular flexibility index (Phi) is 16.2. The molecule has 1 aliphatic heterocycles. The summed E-state index contributed by atoms with van der Waals surface area (Å²) in [6.07, 6.45) is 3.57. The zero-order chi connectivity index (χ0) is 17.4. The Morgan fingerprint density at radius 1 is 1.32 bits per heavy atom. The van der Waals surface area contributed by atoms with Crippen molar-refractivity contribution in [3.05, 3.63) is 0 Å². The number of carbonyl (C=O) groups is 3. The van der Waals surface area contributed by atoms with Crippen LogP contribution >= 0.6 is 0 Å². The van der Waals surface area contributed by atoms with Crippen molar-refractivity contribution in [2.75, 3.05) is 34.3 Å². The molecular formula is C15H31N3O4. The number of carbonyl (C=O) groups excluding carboxylic acids is 3. The van der Waals surface area contributed by atoms with Crippen LogP contribution < -0.4 is 10.6 Å². The molecule has 7 nitrogen and oxygen atoms in total. The van der Waals surface area contributed by atoms with Crippen molar-refractivity contribution in [2.45, 2.75) is 45.6 Å². The molecule has 0 spiro atoms. The summed E-state index contributed by atoms with van der Waals surface area (Å²) < 4.78 is 4.36. The summed E-state index contributed by atoms with van der Waals surface area (Å²) in [4.78, 5) is 34.5. The summed E-state index contributed by atoms with van der Waals surface area (Å²) in [5, 5.41) is 5.08. The first-order valence-corrected chi connectivity index (χ1v) is 7.65. The van der Waals surface area contributed by atoms with E-state index >= 15 is 0 Å². The van der Waals surface area contributed by atoms with Gasteiger partial charge in [0.25, 0.3) is 0 Å². The molecule has 130 valence electrons. The highest BCUT2D eigenvalue weighted by molar-refractivity contribution is 5.82. The first kappa shape index (κ1) is 22.6. The van der Waals surface area contributed by atoms with Crippen molar-refractivity contribution >= 4 is 18.3 Å². The van der Waals surface area contributed by atoms with E-state index in [1.807, 2.05) is 14.1 Å². The minimum Gasteiger partial charge on any atom is -0.453 e. The molecule has 0 aromatic rings. The molecule has 1 saturated heterocycles. The standard InChI is InChI=1S/C10H16N2O4.C3H8.C2H7N/c1-16-10(15)11-7-9(14)12-5-2-3-8(12)4-6-13;2*1-3-2/h6,8H,2-5,7H2,1H3,(H,11,15);3H2,1-2H3;3H,1-2H3. The lowest BCUT2D eigenvalue weighted by molar-refractivity contribution is -0.131. The SMILES string of the molecule is CCC.CNC.COC(=O)NCC(=O)N1CCCC1CC=O. The quantitative estimate of drug-likeness (QED) is 0.760. The third-order valence-electron chi connectivity index (χ3n) is 2.64. The number of alkyl carbamates (subject to hydrolysis) is 1. The molecule has 2 amide bonds. The van der Waals surface area contributed by atoms with Gasteiger partial charge in [0.2, 0.25) is 5.91 Å². The molecule has 1 unspecified atom stereocenters. The number of amides is 2. The van der Waals surface area contributed by atoms with Crippen LogP contribution in [0, 0.1) is 0 Å². The monoisotopic (exact) mass is 317 g/mol. The Hall–Kier alpha value is -1.63. The fraction of sp³-hybridized carbons (Fsp3) is 0.800. The van der Waals surface area contributed by atoms with E-state index in [4.69, 9.17) is 0 Å². The van der Waals surface area contributed by atoms with Crippen molar-refractivity contribution in [1.29, 1.82) is 0 Å². The smallest absolute Gasteiger partial charge is 0.407 e. The average molecular weight is 317 g/mol. The number of ether oxygens (including phenoxy) is 1. The maximum Gasteiger partial charge on any atom is 0.407 e. The zero-order valence-corrected chi connectivity index (χ0v) is 14.5. The maximum atomic E-state index is 11.7. The topological polar surface area (TPSA) is 87.7 Å². The third-order valence-corrected chi connectivity index (χ3v) is 2.64. The van der Waals surface area contributed by atoms with Crippen molar-refractivity contribution in [2.24, 2.45) is 0 Å². The second-order valence-electron chi connectivity index (χ2n) is 4.84. The van der Waals surface area contributed by atoms with Gasteiger partial charge in [-0.15, -0.1) is 0 Å². The van der Waals surface area contributed by atoms with Gasteiger partial charge in [-0.3, -0.25) is 4.79 Å². The molecule has 0 aromatic carbocycles. The lowest BCUT2D eigenvalue weighted by Gasteiger charge is -2.23. The molecule has 0 saturated carbocycles. The predicted octanol–water partition coefficient (Wildman–Crippen LogP) is 1.17. The summed E-state index contributed by atoms with van der Waals surface area (Å²) in [6, 6.07) is -0.00977. The number of rotatable bonds is 4. The molecule has 1 aliphatic rings. The Balaban J connectivity index is 0. The molecule has 0 bridgehead atoms. The Bertz CT molecular complexity index is 309. The van der Waals surface area contributed by atoms with Crippen molar-refractivity contribution in [3.63, 3.8) is 0 Å². The summed E-state index contributed by atoms with van der Waals surface area (Å²) in [5.41, 5.74) is 0. The van der Waals surface area contributed by atoms with Crippen LogP contribution in [0.5, 0.6) is 0 Å². The number of nitrogens with zero attached hydrogens (tertiary/aromatic N) is 1. The molecule has 2 N–H and O–H groups in total. The molecule has 0 aromatic heterocycles. The van der Waals surface area contributed by atoms with Gasteiger partial charge >= 0.3 is 6.09 Å². The minimum atomic E-state index is -0.625. The Morgan fingerprint density at radius 3 is 2.32 bits per heavy atom. The lowest BCUT2D eigenvalue weighted by Crippen LogP contribution is -2.42. The van der Waals surface area contributed by atoms with E-state index in [-0.39, 0.29) is 18.5 Å². The van der Waals surface area contributed by atoms with Crippen LogP contribution in [-0.4, -0.2) is 63.5 Å². The van der Waals surface area contributed by atoms with E-state index in [0.717, 1.165) is 19.1 Å². The minimum absolute atomic E-state index is 0.00977. The highest BCUT2D eigenvalue weighted by Crippen LogP contribution is 2.18. The molecule has 1 atom stereocenters. The van der Waals surface area contributed by atoms with Gasteiger partial charge in [-0.05, 0) is 26.9 Å². The second kappa shape index (κ2) is 15.8. The van der Waals surface area contributed by atoms with Crippen molar-refractivity contribution < 1.29 is 19.1 Å². The molecular weight excluding hydrogens is 286 g/mol. The van der Waals surface area contributed by atoms with E-state index in [0.29, 0.717) is 13.0 Å². The van der Waals surface area contributed by atoms with E-state index in [1.54, 1.807) is 4.90 Å². The van der Waals surface area contributed by atoms with Crippen LogP contribution in [0.4, 0.5) is 4.79 Å². The first-order valence-electron chi connectivity index (χ1n) is 7.65. The summed E-state index contributed by atoms with van der Waals surface area (Å²) in [7, 11) is 4.99. The Morgan fingerprint density at radius 2 is 1.86 bits per heavy atom. The van der Waals surface area contributed by atoms with Crippen molar-refractivity contribution in [3.8, 4) is 0 Å². The number of nitrogens with one attached hydrogen (secondary N) is 2. The first-order chi connectivity index (χ1) is 10.5. The molecule has 22 heavy (non-hydrogen) atoms. The molecule has 1 fully saturated rings. The van der Waals surface area contributed by atoms with Gasteiger partial charge in [0.15, 0.2) is 0 Å². The van der Waals surface area contributed by atoms with Crippen LogP contribution in [0.2, 0.25) is 0 Å². The van der Waals surface area contributed by atoms with Gasteiger partial charge in [-0.25, -0.2) is 4.79 Å². The molecule has 1 heterocycles. The summed E-state index contributed by atoms with van der Waals surface area (Å²) in [5.74, 6) is -0.172. The zero-order valence-electron chi connectivity index (χ0n) is 14.5. The second-order valence-corrected chi connectivity index (χ2v) is 4.84. The lowest BCUT2D eigenvalue weighted by atomic mass is 10.1.